The fourth-order valence-electron chi connectivity index (χ4n) is 3.99. The van der Waals surface area contributed by atoms with E-state index < -0.39 is 23.6 Å². The highest BCUT2D eigenvalue weighted by molar-refractivity contribution is 5.96. The first-order valence-electron chi connectivity index (χ1n) is 13.0. The fraction of sp³-hybridized carbons (Fsp3) is 0.207. The molecule has 0 saturated heterocycles. The van der Waals surface area contributed by atoms with Gasteiger partial charge in [0.1, 0.15) is 29.4 Å². The van der Waals surface area contributed by atoms with Crippen LogP contribution in [0.2, 0.25) is 0 Å². The predicted octanol–water partition coefficient (Wildman–Crippen LogP) is 2.73. The number of nitrogens with zero attached hydrogens (tertiary/aromatic N) is 5. The first kappa shape index (κ1) is 29.4. The van der Waals surface area contributed by atoms with Gasteiger partial charge >= 0.3 is 6.09 Å². The summed E-state index contributed by atoms with van der Waals surface area (Å²) in [5.74, 6) is -0.480. The number of fused-ring (bicyclic) bond motifs is 1. The van der Waals surface area contributed by atoms with E-state index in [4.69, 9.17) is 0 Å². The van der Waals surface area contributed by atoms with E-state index >= 15 is 0 Å². The largest absolute Gasteiger partial charge is 0.465 e. The van der Waals surface area contributed by atoms with Gasteiger partial charge in [-0.15, -0.1) is 0 Å². The van der Waals surface area contributed by atoms with E-state index in [1.54, 1.807) is 32.4 Å². The molecule has 0 aliphatic carbocycles. The molecule has 0 aliphatic heterocycles. The molecule has 3 amide bonds. The average Bonchev–Trinajstić information content (AvgIpc) is 3.39. The van der Waals surface area contributed by atoms with Crippen molar-refractivity contribution < 1.29 is 19.5 Å². The Bertz CT molecular complexity index is 1690. The van der Waals surface area contributed by atoms with E-state index in [1.165, 1.54) is 27.9 Å². The third kappa shape index (κ3) is 7.75. The highest BCUT2D eigenvalue weighted by Crippen LogP contribution is 2.16. The van der Waals surface area contributed by atoms with Gasteiger partial charge in [0.05, 0.1) is 12.2 Å². The normalized spacial score (nSPS) is 12.0. The van der Waals surface area contributed by atoms with E-state index in [2.05, 4.69) is 30.6 Å². The Morgan fingerprint density at radius 1 is 1.10 bits per heavy atom. The number of carbonyl (C=O) groups is 3. The molecule has 4 N–H and O–H groups in total. The maximum Gasteiger partial charge on any atom is 0.405 e. The summed E-state index contributed by atoms with van der Waals surface area (Å²) in [4.78, 5) is 66.6. The van der Waals surface area contributed by atoms with Crippen molar-refractivity contribution in [1.82, 2.24) is 34.7 Å². The van der Waals surface area contributed by atoms with Gasteiger partial charge < -0.3 is 30.2 Å². The number of aromatic amines is 1. The second-order valence-electron chi connectivity index (χ2n) is 9.44. The number of pyridine rings is 1. The number of benzene rings is 1. The molecular formula is C29H30N8O5. The summed E-state index contributed by atoms with van der Waals surface area (Å²) < 4.78 is 1.36. The number of aromatic nitrogens is 5. The van der Waals surface area contributed by atoms with Gasteiger partial charge in [0.2, 0.25) is 11.8 Å². The van der Waals surface area contributed by atoms with Crippen molar-refractivity contribution in [2.45, 2.75) is 25.4 Å². The SMILES string of the molecule is CN(C)C(=O)/C=C/CCC(NC(=O)O)C(=O)Nc1cccn(Cc2nc3ncnc(/C=C/c4ccccc4)c3[nH]2)c1=O. The molecule has 3 heterocycles. The molecule has 0 radical (unpaired) electrons. The number of hydrogen-bond acceptors (Lipinski definition) is 7. The van der Waals surface area contributed by atoms with Crippen molar-refractivity contribution in [2.75, 3.05) is 19.4 Å². The summed E-state index contributed by atoms with van der Waals surface area (Å²) >= 11 is 0. The summed E-state index contributed by atoms with van der Waals surface area (Å²) in [5.41, 5.74) is 2.16. The van der Waals surface area contributed by atoms with Crippen LogP contribution in [-0.4, -0.2) is 72.6 Å². The van der Waals surface area contributed by atoms with E-state index in [0.29, 0.717) is 22.7 Å². The van der Waals surface area contributed by atoms with Crippen LogP contribution in [-0.2, 0) is 16.1 Å². The van der Waals surface area contributed by atoms with Gasteiger partial charge in [0, 0.05) is 20.3 Å². The molecule has 1 unspecified atom stereocenters. The van der Waals surface area contributed by atoms with Gasteiger partial charge in [-0.2, -0.15) is 0 Å². The maximum absolute atomic E-state index is 13.2. The Morgan fingerprint density at radius 3 is 2.62 bits per heavy atom. The van der Waals surface area contributed by atoms with Crippen LogP contribution in [0.15, 0.2) is 71.9 Å². The highest BCUT2D eigenvalue weighted by Gasteiger charge is 2.21. The molecular weight excluding hydrogens is 540 g/mol. The van der Waals surface area contributed by atoms with Crippen molar-refractivity contribution in [3.8, 4) is 0 Å². The molecule has 42 heavy (non-hydrogen) atoms. The number of carboxylic acid groups (broad SMARTS) is 1. The fourth-order valence-corrected chi connectivity index (χ4v) is 3.99. The van der Waals surface area contributed by atoms with Crippen molar-refractivity contribution >= 4 is 46.9 Å². The molecule has 3 aromatic heterocycles. The second-order valence-corrected chi connectivity index (χ2v) is 9.44. The number of rotatable bonds is 11. The molecule has 0 saturated carbocycles. The van der Waals surface area contributed by atoms with Crippen LogP contribution >= 0.6 is 0 Å². The van der Waals surface area contributed by atoms with Crippen LogP contribution in [0.5, 0.6) is 0 Å². The van der Waals surface area contributed by atoms with Gasteiger partial charge in [-0.1, -0.05) is 42.5 Å². The van der Waals surface area contributed by atoms with Crippen molar-refractivity contribution in [3.05, 3.63) is 94.6 Å². The minimum Gasteiger partial charge on any atom is -0.465 e. The van der Waals surface area contributed by atoms with E-state index in [1.807, 2.05) is 42.5 Å². The average molecular weight is 571 g/mol. The van der Waals surface area contributed by atoms with Gasteiger partial charge in [-0.25, -0.2) is 19.7 Å². The Kier molecular flexibility index (Phi) is 9.56. The topological polar surface area (TPSA) is 175 Å². The number of imidazole rings is 1. The zero-order chi connectivity index (χ0) is 30.1. The zero-order valence-electron chi connectivity index (χ0n) is 23.0. The Balaban J connectivity index is 1.48. The molecule has 13 nitrogen and oxygen atoms in total. The predicted molar refractivity (Wildman–Crippen MR) is 158 cm³/mol. The molecule has 0 aliphatic rings. The van der Waals surface area contributed by atoms with Crippen molar-refractivity contribution in [3.63, 3.8) is 0 Å². The number of amides is 3. The zero-order valence-corrected chi connectivity index (χ0v) is 23.0. The standard InChI is InChI=1S/C29H30N8O5/c1-36(2)24(38)13-7-6-11-21(33-29(41)42)27(39)32-22-12-8-16-37(28(22)40)17-23-34-25-20(30-18-31-26(25)35-23)15-14-19-9-4-3-5-10-19/h3-5,7-10,12-16,18,21,33H,6,11,17H2,1-2H3,(H,32,39)(H,41,42)(H,30,31,34,35)/b13-7+,15-14+. The van der Waals surface area contributed by atoms with E-state index in [-0.39, 0.29) is 31.0 Å². The van der Waals surface area contributed by atoms with Crippen LogP contribution in [0.4, 0.5) is 10.5 Å². The van der Waals surface area contributed by atoms with Crippen LogP contribution in [0.3, 0.4) is 0 Å². The first-order valence-corrected chi connectivity index (χ1v) is 13.0. The van der Waals surface area contributed by atoms with Gasteiger partial charge in [-0.3, -0.25) is 14.4 Å². The van der Waals surface area contributed by atoms with Crippen LogP contribution in [0, 0.1) is 0 Å². The molecule has 216 valence electrons. The molecule has 13 heteroatoms. The van der Waals surface area contributed by atoms with Gasteiger partial charge in [-0.05, 0) is 42.7 Å². The lowest BCUT2D eigenvalue weighted by atomic mass is 10.1. The molecule has 0 bridgehead atoms. The van der Waals surface area contributed by atoms with Gasteiger partial charge in [0.25, 0.3) is 5.56 Å². The lowest BCUT2D eigenvalue weighted by Gasteiger charge is -2.16. The third-order valence-electron chi connectivity index (χ3n) is 6.14. The number of anilines is 1. The number of likely N-dealkylation sites (N-methyl/N-ethyl adjacent to an activating group) is 1. The van der Waals surface area contributed by atoms with Crippen molar-refractivity contribution in [2.24, 2.45) is 0 Å². The smallest absolute Gasteiger partial charge is 0.405 e. The Morgan fingerprint density at radius 2 is 1.88 bits per heavy atom. The number of carbonyl (C=O) groups excluding carboxylic acids is 2. The minimum atomic E-state index is -1.39. The lowest BCUT2D eigenvalue weighted by Crippen LogP contribution is -2.44. The quantitative estimate of drug-likeness (QED) is 0.199. The Labute approximate surface area is 240 Å². The summed E-state index contributed by atoms with van der Waals surface area (Å²) in [7, 11) is 3.21. The highest BCUT2D eigenvalue weighted by atomic mass is 16.4. The number of hydrogen-bond donors (Lipinski definition) is 4. The van der Waals surface area contributed by atoms with Gasteiger partial charge in [0.15, 0.2) is 5.65 Å². The molecule has 0 fully saturated rings. The minimum absolute atomic E-state index is 0.0274. The summed E-state index contributed by atoms with van der Waals surface area (Å²) in [5, 5.41) is 13.9. The first-order chi connectivity index (χ1) is 20.2. The number of H-pyrrole nitrogens is 1. The summed E-state index contributed by atoms with van der Waals surface area (Å²) in [6.07, 6.45) is 8.59. The third-order valence-corrected chi connectivity index (χ3v) is 6.14. The molecule has 4 aromatic rings. The molecule has 1 aromatic carbocycles. The van der Waals surface area contributed by atoms with Crippen LogP contribution in [0.1, 0.15) is 29.9 Å². The second kappa shape index (κ2) is 13.7. The number of allylic oxidation sites excluding steroid dienone is 1. The monoisotopic (exact) mass is 570 g/mol. The lowest BCUT2D eigenvalue weighted by molar-refractivity contribution is -0.123. The van der Waals surface area contributed by atoms with E-state index in [9.17, 15) is 24.3 Å². The maximum atomic E-state index is 13.2. The van der Waals surface area contributed by atoms with Crippen LogP contribution in [0.25, 0.3) is 23.3 Å². The van der Waals surface area contributed by atoms with Crippen molar-refractivity contribution in [1.29, 1.82) is 0 Å². The summed E-state index contributed by atoms with van der Waals surface area (Å²) in [6, 6.07) is 11.6. The van der Waals surface area contributed by atoms with Crippen LogP contribution < -0.4 is 16.2 Å². The Hall–Kier alpha value is -5.59. The summed E-state index contributed by atoms with van der Waals surface area (Å²) in [6.45, 7) is 0.0578. The van der Waals surface area contributed by atoms with E-state index in [0.717, 1.165) is 5.56 Å². The molecule has 4 rings (SSSR count). The molecule has 1 atom stereocenters. The molecule has 0 spiro atoms. The number of nitrogens with one attached hydrogen (secondary N) is 3.